The number of rotatable bonds is 2. The molecule has 1 aromatic carbocycles. The number of nitrogens with zero attached hydrogens (tertiary/aromatic N) is 4. The Morgan fingerprint density at radius 1 is 1.21 bits per heavy atom. The Morgan fingerprint density at radius 3 is 2.88 bits per heavy atom. The van der Waals surface area contributed by atoms with Crippen LogP contribution in [0.15, 0.2) is 36.5 Å². The molecule has 0 aliphatic carbocycles. The molecule has 0 saturated carbocycles. The first-order valence-corrected chi connectivity index (χ1v) is 8.57. The van der Waals surface area contributed by atoms with E-state index >= 15 is 0 Å². The second-order valence-electron chi connectivity index (χ2n) is 7.01. The highest BCUT2D eigenvalue weighted by Crippen LogP contribution is 2.44. The van der Waals surface area contributed by atoms with E-state index in [-0.39, 0.29) is 0 Å². The van der Waals surface area contributed by atoms with Gasteiger partial charge < -0.3 is 5.11 Å². The fourth-order valence-corrected chi connectivity index (χ4v) is 4.36. The molecule has 1 fully saturated rings. The largest absolute Gasteiger partial charge is 0.508 e. The predicted octanol–water partition coefficient (Wildman–Crippen LogP) is 3.01. The number of hydrogen-bond donors (Lipinski definition) is 1. The van der Waals surface area contributed by atoms with Crippen LogP contribution in [-0.4, -0.2) is 30.6 Å². The highest BCUT2D eigenvalue weighted by molar-refractivity contribution is 5.44. The molecule has 2 bridgehead atoms. The molecule has 5 rings (SSSR count). The maximum atomic E-state index is 9.48. The van der Waals surface area contributed by atoms with E-state index in [1.54, 1.807) is 12.1 Å². The van der Waals surface area contributed by atoms with Crippen molar-refractivity contribution in [1.29, 1.82) is 0 Å². The van der Waals surface area contributed by atoms with E-state index in [0.29, 0.717) is 17.8 Å². The van der Waals surface area contributed by atoms with Gasteiger partial charge >= 0.3 is 0 Å². The standard InChI is InChI=1S/C19H20N4O/c1-12-8-19-20-10-16-17-7-4-14(9-18(16)23(19)21-12)22(17)11-13-2-5-15(24)6-3-13/h2-3,5-6,8,10,14,17,24H,4,7,9,11H2,1H3/t14-,17-/m0/s1. The monoisotopic (exact) mass is 320 g/mol. The van der Waals surface area contributed by atoms with Gasteiger partial charge in [-0.15, -0.1) is 0 Å². The zero-order chi connectivity index (χ0) is 16.3. The zero-order valence-electron chi connectivity index (χ0n) is 13.7. The van der Waals surface area contributed by atoms with Crippen molar-refractivity contribution in [3.05, 3.63) is 59.0 Å². The Morgan fingerprint density at radius 2 is 2.04 bits per heavy atom. The van der Waals surface area contributed by atoms with Crippen molar-refractivity contribution in [2.24, 2.45) is 0 Å². The average molecular weight is 320 g/mol. The van der Waals surface area contributed by atoms with Crippen molar-refractivity contribution in [3.8, 4) is 5.75 Å². The second kappa shape index (κ2) is 5.05. The Labute approximate surface area is 140 Å². The first-order valence-electron chi connectivity index (χ1n) is 8.57. The summed E-state index contributed by atoms with van der Waals surface area (Å²) < 4.78 is 2.05. The van der Waals surface area contributed by atoms with E-state index in [0.717, 1.165) is 24.3 Å². The van der Waals surface area contributed by atoms with Crippen LogP contribution >= 0.6 is 0 Å². The Bertz CT molecular complexity index is 915. The summed E-state index contributed by atoms with van der Waals surface area (Å²) in [5.74, 6) is 0.325. The molecule has 2 atom stereocenters. The summed E-state index contributed by atoms with van der Waals surface area (Å²) in [5, 5.41) is 14.1. The molecule has 3 aromatic rings. The quantitative estimate of drug-likeness (QED) is 0.788. The normalized spacial score (nSPS) is 22.9. The lowest BCUT2D eigenvalue weighted by molar-refractivity contribution is 0.165. The lowest BCUT2D eigenvalue weighted by Gasteiger charge is -2.36. The number of benzene rings is 1. The highest BCUT2D eigenvalue weighted by atomic mass is 16.3. The van der Waals surface area contributed by atoms with E-state index in [2.05, 4.69) is 21.2 Å². The molecule has 2 aliphatic heterocycles. The highest BCUT2D eigenvalue weighted by Gasteiger charge is 2.41. The van der Waals surface area contributed by atoms with E-state index in [1.807, 2.05) is 29.6 Å². The fraction of sp³-hybridized carbons (Fsp3) is 0.368. The zero-order valence-corrected chi connectivity index (χ0v) is 13.7. The molecular weight excluding hydrogens is 300 g/mol. The van der Waals surface area contributed by atoms with Crippen LogP contribution in [0.4, 0.5) is 0 Å². The summed E-state index contributed by atoms with van der Waals surface area (Å²) in [6.07, 6.45) is 5.49. The van der Waals surface area contributed by atoms with Gasteiger partial charge in [0.2, 0.25) is 0 Å². The molecule has 0 spiro atoms. The molecule has 2 aromatic heterocycles. The number of hydrogen-bond acceptors (Lipinski definition) is 4. The van der Waals surface area contributed by atoms with Crippen molar-refractivity contribution in [2.45, 2.75) is 44.8 Å². The Hall–Kier alpha value is -2.40. The molecule has 24 heavy (non-hydrogen) atoms. The van der Waals surface area contributed by atoms with Crippen LogP contribution in [0, 0.1) is 6.92 Å². The molecule has 5 nitrogen and oxygen atoms in total. The summed E-state index contributed by atoms with van der Waals surface area (Å²) in [6.45, 7) is 2.95. The maximum absolute atomic E-state index is 9.48. The lowest BCUT2D eigenvalue weighted by atomic mass is 9.98. The number of aryl methyl sites for hydroxylation is 1. The molecule has 1 N–H and O–H groups in total. The van der Waals surface area contributed by atoms with E-state index in [1.165, 1.54) is 29.7 Å². The number of aromatic hydroxyl groups is 1. The fourth-order valence-electron chi connectivity index (χ4n) is 4.36. The lowest BCUT2D eigenvalue weighted by Crippen LogP contribution is -2.38. The molecule has 2 aliphatic rings. The van der Waals surface area contributed by atoms with Gasteiger partial charge in [0.1, 0.15) is 5.75 Å². The minimum atomic E-state index is 0.325. The van der Waals surface area contributed by atoms with Crippen LogP contribution in [0.25, 0.3) is 5.65 Å². The van der Waals surface area contributed by atoms with Crippen LogP contribution in [0.3, 0.4) is 0 Å². The van der Waals surface area contributed by atoms with Gasteiger partial charge in [0.15, 0.2) is 5.65 Å². The van der Waals surface area contributed by atoms with Gasteiger partial charge in [-0.1, -0.05) is 12.1 Å². The van der Waals surface area contributed by atoms with Crippen LogP contribution < -0.4 is 0 Å². The topological polar surface area (TPSA) is 53.7 Å². The average Bonchev–Trinajstić information content (AvgIpc) is 3.08. The van der Waals surface area contributed by atoms with Crippen molar-refractivity contribution in [1.82, 2.24) is 19.5 Å². The van der Waals surface area contributed by atoms with Gasteiger partial charge in [0.25, 0.3) is 0 Å². The number of phenolic OH excluding ortho intramolecular Hbond substituents is 1. The van der Waals surface area contributed by atoms with Crippen LogP contribution in [-0.2, 0) is 13.0 Å². The number of phenols is 1. The molecule has 0 amide bonds. The van der Waals surface area contributed by atoms with E-state index in [9.17, 15) is 5.11 Å². The van der Waals surface area contributed by atoms with Crippen LogP contribution in [0.1, 0.15) is 41.4 Å². The SMILES string of the molecule is Cc1cc2ncc3c(n2n1)C[C@@H]1CC[C@@H]3N1Cc1ccc(O)cc1. The molecular formula is C19H20N4O. The maximum Gasteiger partial charge on any atom is 0.155 e. The predicted molar refractivity (Wildman–Crippen MR) is 90.8 cm³/mol. The van der Waals surface area contributed by atoms with Crippen LogP contribution in [0.5, 0.6) is 5.75 Å². The third-order valence-electron chi connectivity index (χ3n) is 5.47. The van der Waals surface area contributed by atoms with Crippen LogP contribution in [0.2, 0.25) is 0 Å². The molecule has 4 heterocycles. The van der Waals surface area contributed by atoms with Crippen molar-refractivity contribution in [2.75, 3.05) is 0 Å². The summed E-state index contributed by atoms with van der Waals surface area (Å²) in [5.41, 5.74) is 5.89. The molecule has 0 unspecified atom stereocenters. The number of aromatic nitrogens is 3. The van der Waals surface area contributed by atoms with Crippen molar-refractivity contribution in [3.63, 3.8) is 0 Å². The van der Waals surface area contributed by atoms with Crippen molar-refractivity contribution >= 4 is 5.65 Å². The smallest absolute Gasteiger partial charge is 0.155 e. The number of fused-ring (bicyclic) bond motifs is 6. The third kappa shape index (κ3) is 2.04. The molecule has 1 saturated heterocycles. The molecule has 0 radical (unpaired) electrons. The minimum Gasteiger partial charge on any atom is -0.508 e. The van der Waals surface area contributed by atoms with Gasteiger partial charge in [0.05, 0.1) is 11.4 Å². The Balaban J connectivity index is 1.53. The summed E-state index contributed by atoms with van der Waals surface area (Å²) in [7, 11) is 0. The third-order valence-corrected chi connectivity index (χ3v) is 5.47. The van der Waals surface area contributed by atoms with E-state index in [4.69, 9.17) is 0 Å². The summed E-state index contributed by atoms with van der Waals surface area (Å²) in [4.78, 5) is 7.22. The Kier molecular flexibility index (Phi) is 2.94. The van der Waals surface area contributed by atoms with Crippen molar-refractivity contribution < 1.29 is 5.11 Å². The molecule has 122 valence electrons. The van der Waals surface area contributed by atoms with Gasteiger partial charge in [0, 0.05) is 42.9 Å². The summed E-state index contributed by atoms with van der Waals surface area (Å²) in [6, 6.07) is 10.6. The first kappa shape index (κ1) is 14.0. The van der Waals surface area contributed by atoms with E-state index < -0.39 is 0 Å². The summed E-state index contributed by atoms with van der Waals surface area (Å²) >= 11 is 0. The van der Waals surface area contributed by atoms with Gasteiger partial charge in [-0.25, -0.2) is 9.50 Å². The minimum absolute atomic E-state index is 0.325. The molecule has 5 heteroatoms. The van der Waals surface area contributed by atoms with Gasteiger partial charge in [-0.2, -0.15) is 5.10 Å². The van der Waals surface area contributed by atoms with Gasteiger partial charge in [-0.05, 0) is 37.5 Å². The first-order chi connectivity index (χ1) is 11.7. The second-order valence-corrected chi connectivity index (χ2v) is 7.01. The van der Waals surface area contributed by atoms with Gasteiger partial charge in [-0.3, -0.25) is 4.90 Å².